The van der Waals surface area contributed by atoms with Gasteiger partial charge in [0.2, 0.25) is 5.91 Å². The molecule has 0 radical (unpaired) electrons. The summed E-state index contributed by atoms with van der Waals surface area (Å²) in [4.78, 5) is 24.7. The van der Waals surface area contributed by atoms with Gasteiger partial charge in [-0.2, -0.15) is 0 Å². The van der Waals surface area contributed by atoms with Crippen molar-refractivity contribution in [1.82, 2.24) is 9.62 Å². The van der Waals surface area contributed by atoms with E-state index in [0.717, 1.165) is 21.0 Å². The molecule has 0 aromatic heterocycles. The third-order valence-corrected chi connectivity index (χ3v) is 6.79. The van der Waals surface area contributed by atoms with E-state index in [2.05, 4.69) is 11.4 Å². The Morgan fingerprint density at radius 1 is 1.14 bits per heavy atom. The highest BCUT2D eigenvalue weighted by molar-refractivity contribution is 7.90. The van der Waals surface area contributed by atoms with Gasteiger partial charge in [0.15, 0.2) is 0 Å². The maximum Gasteiger partial charge on any atom is 0.269 e. The molecule has 3 rings (SSSR count). The maximum absolute atomic E-state index is 12.5. The largest absolute Gasteiger partial charge is 0.350 e. The minimum absolute atomic E-state index is 0.0127. The van der Waals surface area contributed by atoms with Crippen LogP contribution in [0.15, 0.2) is 47.4 Å². The average Bonchev–Trinajstić information content (AvgIpc) is 2.82. The Kier molecular flexibility index (Phi) is 5.56. The molecule has 1 aliphatic rings. The SMILES string of the molecule is Cc1ccc([C@@H](C)NC(=O)CCCN2C(=O)c3ccccc3S2(=O)=O)c(C)c1. The van der Waals surface area contributed by atoms with E-state index in [1.165, 1.54) is 12.1 Å². The number of rotatable bonds is 6. The van der Waals surface area contributed by atoms with Gasteiger partial charge >= 0.3 is 0 Å². The van der Waals surface area contributed by atoms with Crippen molar-refractivity contribution in [3.8, 4) is 0 Å². The molecule has 1 aliphatic heterocycles. The highest BCUT2D eigenvalue weighted by Gasteiger charge is 2.40. The Hall–Kier alpha value is -2.67. The Morgan fingerprint density at radius 2 is 1.86 bits per heavy atom. The number of hydrogen-bond acceptors (Lipinski definition) is 4. The molecule has 7 heteroatoms. The molecule has 2 aromatic rings. The van der Waals surface area contributed by atoms with Gasteiger partial charge in [-0.15, -0.1) is 0 Å². The number of carbonyl (C=O) groups is 2. The Labute approximate surface area is 165 Å². The third-order valence-electron chi connectivity index (χ3n) is 4.95. The summed E-state index contributed by atoms with van der Waals surface area (Å²) in [6.07, 6.45) is 0.412. The molecule has 148 valence electrons. The lowest BCUT2D eigenvalue weighted by atomic mass is 10.00. The van der Waals surface area contributed by atoms with Crippen LogP contribution in [0.5, 0.6) is 0 Å². The van der Waals surface area contributed by atoms with Gasteiger partial charge in [-0.1, -0.05) is 35.9 Å². The molecule has 0 bridgehead atoms. The van der Waals surface area contributed by atoms with Gasteiger partial charge < -0.3 is 5.32 Å². The molecule has 28 heavy (non-hydrogen) atoms. The van der Waals surface area contributed by atoms with Gasteiger partial charge in [-0.3, -0.25) is 9.59 Å². The van der Waals surface area contributed by atoms with Gasteiger partial charge in [0.25, 0.3) is 15.9 Å². The standard InChI is InChI=1S/C21H24N2O4S/c1-14-10-11-17(15(2)13-14)16(3)22-20(24)9-6-12-23-21(25)18-7-4-5-8-19(18)28(23,26)27/h4-5,7-8,10-11,13,16H,6,9,12H2,1-3H3,(H,22,24)/t16-/m1/s1. The van der Waals surface area contributed by atoms with Gasteiger partial charge in [-0.25, -0.2) is 12.7 Å². The number of nitrogens with zero attached hydrogens (tertiary/aromatic N) is 1. The molecule has 6 nitrogen and oxygen atoms in total. The van der Waals surface area contributed by atoms with Crippen molar-refractivity contribution in [3.63, 3.8) is 0 Å². The van der Waals surface area contributed by atoms with E-state index < -0.39 is 15.9 Å². The number of nitrogens with one attached hydrogen (secondary N) is 1. The lowest BCUT2D eigenvalue weighted by Gasteiger charge is -2.18. The Bertz CT molecular complexity index is 1030. The van der Waals surface area contributed by atoms with Crippen molar-refractivity contribution in [2.24, 2.45) is 0 Å². The minimum Gasteiger partial charge on any atom is -0.350 e. The van der Waals surface area contributed by atoms with Gasteiger partial charge in [0.1, 0.15) is 4.90 Å². The van der Waals surface area contributed by atoms with E-state index in [4.69, 9.17) is 0 Å². The van der Waals surface area contributed by atoms with Crippen molar-refractivity contribution < 1.29 is 18.0 Å². The first kappa shape index (κ1) is 20.1. The van der Waals surface area contributed by atoms with Crippen LogP contribution in [-0.2, 0) is 14.8 Å². The number of benzene rings is 2. The van der Waals surface area contributed by atoms with Crippen LogP contribution in [-0.4, -0.2) is 31.1 Å². The predicted octanol–water partition coefficient (Wildman–Crippen LogP) is 3.11. The second-order valence-electron chi connectivity index (χ2n) is 7.13. The number of aryl methyl sites for hydroxylation is 2. The first-order valence-corrected chi connectivity index (χ1v) is 10.7. The molecule has 0 saturated carbocycles. The van der Waals surface area contributed by atoms with E-state index in [1.807, 2.05) is 32.9 Å². The lowest BCUT2D eigenvalue weighted by Crippen LogP contribution is -2.32. The molecular formula is C21H24N2O4S. The molecule has 0 fully saturated rings. The van der Waals surface area contributed by atoms with Crippen LogP contribution in [0.4, 0.5) is 0 Å². The van der Waals surface area contributed by atoms with Crippen molar-refractivity contribution in [2.75, 3.05) is 6.54 Å². The molecule has 1 N–H and O–H groups in total. The fraction of sp³-hybridized carbons (Fsp3) is 0.333. The first-order valence-electron chi connectivity index (χ1n) is 9.24. The molecule has 1 heterocycles. The third kappa shape index (κ3) is 3.80. The van der Waals surface area contributed by atoms with E-state index in [9.17, 15) is 18.0 Å². The predicted molar refractivity (Wildman–Crippen MR) is 106 cm³/mol. The highest BCUT2D eigenvalue weighted by atomic mass is 32.2. The van der Waals surface area contributed by atoms with E-state index in [0.29, 0.717) is 0 Å². The molecule has 1 atom stereocenters. The number of amides is 2. The highest BCUT2D eigenvalue weighted by Crippen LogP contribution is 2.30. The molecular weight excluding hydrogens is 376 g/mol. The molecule has 0 aliphatic carbocycles. The molecule has 2 aromatic carbocycles. The Morgan fingerprint density at radius 3 is 2.54 bits per heavy atom. The van der Waals surface area contributed by atoms with Crippen LogP contribution in [0.2, 0.25) is 0 Å². The van der Waals surface area contributed by atoms with Crippen molar-refractivity contribution >= 4 is 21.8 Å². The second kappa shape index (κ2) is 7.75. The van der Waals surface area contributed by atoms with Crippen molar-refractivity contribution in [3.05, 3.63) is 64.7 Å². The molecule has 0 saturated heterocycles. The summed E-state index contributed by atoms with van der Waals surface area (Å²) < 4.78 is 25.9. The quantitative estimate of drug-likeness (QED) is 0.808. The summed E-state index contributed by atoms with van der Waals surface area (Å²) in [5.74, 6) is -0.700. The lowest BCUT2D eigenvalue weighted by molar-refractivity contribution is -0.121. The van der Waals surface area contributed by atoms with Crippen LogP contribution in [0.3, 0.4) is 0 Å². The molecule has 0 unspecified atom stereocenters. The van der Waals surface area contributed by atoms with Crippen molar-refractivity contribution in [2.45, 2.75) is 44.6 Å². The van der Waals surface area contributed by atoms with Crippen LogP contribution in [0.1, 0.15) is 52.9 Å². The van der Waals surface area contributed by atoms with Gasteiger partial charge in [0.05, 0.1) is 11.6 Å². The molecule has 2 amide bonds. The summed E-state index contributed by atoms with van der Waals surface area (Å²) in [5, 5.41) is 2.94. The Balaban J connectivity index is 1.57. The van der Waals surface area contributed by atoms with Crippen LogP contribution < -0.4 is 5.32 Å². The van der Waals surface area contributed by atoms with Gasteiger partial charge in [-0.05, 0) is 50.5 Å². The fourth-order valence-corrected chi connectivity index (χ4v) is 5.15. The van der Waals surface area contributed by atoms with Crippen LogP contribution >= 0.6 is 0 Å². The minimum atomic E-state index is -3.82. The fourth-order valence-electron chi connectivity index (χ4n) is 3.54. The van der Waals surface area contributed by atoms with Crippen LogP contribution in [0, 0.1) is 13.8 Å². The summed E-state index contributed by atoms with van der Waals surface area (Å²) >= 11 is 0. The monoisotopic (exact) mass is 400 g/mol. The summed E-state index contributed by atoms with van der Waals surface area (Å²) in [6.45, 7) is 5.93. The maximum atomic E-state index is 12.5. The van der Waals surface area contributed by atoms with Gasteiger partial charge in [0, 0.05) is 13.0 Å². The van der Waals surface area contributed by atoms with E-state index in [-0.39, 0.29) is 41.8 Å². The number of sulfonamides is 1. The summed E-state index contributed by atoms with van der Waals surface area (Å²) in [7, 11) is -3.82. The first-order chi connectivity index (χ1) is 13.2. The van der Waals surface area contributed by atoms with Crippen molar-refractivity contribution in [1.29, 1.82) is 0 Å². The zero-order valence-corrected chi connectivity index (χ0v) is 17.0. The topological polar surface area (TPSA) is 83.6 Å². The number of fused-ring (bicyclic) bond motifs is 1. The van der Waals surface area contributed by atoms with E-state index in [1.54, 1.807) is 12.1 Å². The zero-order chi connectivity index (χ0) is 20.5. The van der Waals surface area contributed by atoms with Crippen LogP contribution in [0.25, 0.3) is 0 Å². The number of hydrogen-bond donors (Lipinski definition) is 1. The normalized spacial score (nSPS) is 16.0. The zero-order valence-electron chi connectivity index (χ0n) is 16.2. The smallest absolute Gasteiger partial charge is 0.269 e. The average molecular weight is 401 g/mol. The number of carbonyl (C=O) groups excluding carboxylic acids is 2. The van der Waals surface area contributed by atoms with E-state index >= 15 is 0 Å². The summed E-state index contributed by atoms with van der Waals surface area (Å²) in [5.41, 5.74) is 3.51. The second-order valence-corrected chi connectivity index (χ2v) is 8.96. The molecule has 0 spiro atoms. The summed E-state index contributed by atoms with van der Waals surface area (Å²) in [6, 6.07) is 12.1.